The molecule has 0 spiro atoms. The van der Waals surface area contributed by atoms with Crippen molar-refractivity contribution in [1.29, 1.82) is 0 Å². The fourth-order valence-corrected chi connectivity index (χ4v) is 4.32. The van der Waals surface area contributed by atoms with Gasteiger partial charge in [0.1, 0.15) is 6.54 Å². The Labute approximate surface area is 152 Å². The lowest BCUT2D eigenvalue weighted by Gasteiger charge is -2.35. The van der Waals surface area contributed by atoms with Gasteiger partial charge in [0.25, 0.3) is 5.56 Å². The average molecular weight is 352 g/mol. The zero-order valence-electron chi connectivity index (χ0n) is 15.5. The Bertz CT molecular complexity index is 1040. The molecule has 0 saturated carbocycles. The van der Waals surface area contributed by atoms with Crippen molar-refractivity contribution in [3.05, 3.63) is 46.4 Å². The molecule has 0 bridgehead atoms. The van der Waals surface area contributed by atoms with Crippen molar-refractivity contribution in [2.24, 2.45) is 11.8 Å². The first-order chi connectivity index (χ1) is 12.4. The Morgan fingerprint density at radius 3 is 2.62 bits per heavy atom. The van der Waals surface area contributed by atoms with Gasteiger partial charge in [-0.3, -0.25) is 14.3 Å². The molecule has 0 unspecified atom stereocenters. The minimum absolute atomic E-state index is 0.115. The number of aromatic nitrogens is 3. The number of piperidine rings is 1. The zero-order chi connectivity index (χ0) is 18.4. The summed E-state index contributed by atoms with van der Waals surface area (Å²) < 4.78 is 3.83. The number of carbonyl (C=O) groups excluding carboxylic acids is 1. The molecule has 0 radical (unpaired) electrons. The van der Waals surface area contributed by atoms with Crippen LogP contribution in [0.25, 0.3) is 16.6 Å². The molecule has 1 saturated heterocycles. The second kappa shape index (κ2) is 6.27. The van der Waals surface area contributed by atoms with Crippen LogP contribution in [-0.2, 0) is 11.3 Å². The van der Waals surface area contributed by atoms with Crippen LogP contribution in [0.2, 0.25) is 0 Å². The number of amides is 1. The molecule has 6 nitrogen and oxygen atoms in total. The molecule has 1 fully saturated rings. The Morgan fingerprint density at radius 1 is 1.19 bits per heavy atom. The number of hydrogen-bond donors (Lipinski definition) is 0. The molecule has 0 aliphatic carbocycles. The van der Waals surface area contributed by atoms with E-state index in [1.54, 1.807) is 0 Å². The lowest BCUT2D eigenvalue weighted by molar-refractivity contribution is -0.134. The predicted molar refractivity (Wildman–Crippen MR) is 101 cm³/mol. The van der Waals surface area contributed by atoms with Crippen molar-refractivity contribution in [3.63, 3.8) is 0 Å². The Hall–Kier alpha value is -2.63. The van der Waals surface area contributed by atoms with E-state index >= 15 is 0 Å². The molecule has 3 heterocycles. The smallest absolute Gasteiger partial charge is 0.273 e. The van der Waals surface area contributed by atoms with Crippen molar-refractivity contribution in [2.45, 2.75) is 33.7 Å². The summed E-state index contributed by atoms with van der Waals surface area (Å²) in [6, 6.07) is 9.31. The largest absolute Gasteiger partial charge is 0.341 e. The molecule has 2 atom stereocenters. The van der Waals surface area contributed by atoms with Crippen LogP contribution in [0.15, 0.2) is 35.1 Å². The van der Waals surface area contributed by atoms with Gasteiger partial charge in [-0.05, 0) is 37.3 Å². The molecule has 136 valence electrons. The number of hydrogen-bond acceptors (Lipinski definition) is 3. The molecule has 2 aromatic heterocycles. The maximum Gasteiger partial charge on any atom is 0.273 e. The number of likely N-dealkylation sites (tertiary alicyclic amines) is 1. The van der Waals surface area contributed by atoms with E-state index in [4.69, 9.17) is 0 Å². The van der Waals surface area contributed by atoms with Crippen LogP contribution in [-0.4, -0.2) is 38.1 Å². The van der Waals surface area contributed by atoms with E-state index in [2.05, 4.69) is 18.8 Å². The van der Waals surface area contributed by atoms with Crippen molar-refractivity contribution >= 4 is 22.5 Å². The molecule has 1 aliphatic heterocycles. The first-order valence-corrected chi connectivity index (χ1v) is 9.19. The first-order valence-electron chi connectivity index (χ1n) is 9.19. The number of aryl methyl sites for hydroxylation is 1. The summed E-state index contributed by atoms with van der Waals surface area (Å²) in [5.41, 5.74) is 2.05. The minimum atomic E-state index is -0.254. The van der Waals surface area contributed by atoms with Gasteiger partial charge < -0.3 is 4.90 Å². The number of fused-ring (bicyclic) bond motifs is 3. The second-order valence-corrected chi connectivity index (χ2v) is 7.69. The fourth-order valence-electron chi connectivity index (χ4n) is 4.32. The average Bonchev–Trinajstić information content (AvgIpc) is 2.88. The second-order valence-electron chi connectivity index (χ2n) is 7.69. The summed E-state index contributed by atoms with van der Waals surface area (Å²) in [6.07, 6.45) is 1.17. The lowest BCUT2D eigenvalue weighted by Crippen LogP contribution is -2.44. The Morgan fingerprint density at radius 2 is 1.88 bits per heavy atom. The summed E-state index contributed by atoms with van der Waals surface area (Å²) in [4.78, 5) is 31.1. The van der Waals surface area contributed by atoms with Gasteiger partial charge in [0.2, 0.25) is 5.91 Å². The summed E-state index contributed by atoms with van der Waals surface area (Å²) in [6.45, 7) is 8.15. The quantitative estimate of drug-likeness (QED) is 0.712. The molecule has 1 aliphatic rings. The number of nitrogens with zero attached hydrogens (tertiary/aromatic N) is 4. The predicted octanol–water partition coefficient (Wildman–Crippen LogP) is 2.46. The van der Waals surface area contributed by atoms with Gasteiger partial charge in [-0.25, -0.2) is 4.52 Å². The zero-order valence-corrected chi connectivity index (χ0v) is 15.5. The highest BCUT2D eigenvalue weighted by atomic mass is 16.2. The number of para-hydroxylation sites is 1. The molecular weight excluding hydrogens is 328 g/mol. The van der Waals surface area contributed by atoms with E-state index in [0.717, 1.165) is 29.7 Å². The van der Waals surface area contributed by atoms with Crippen molar-refractivity contribution < 1.29 is 4.79 Å². The molecule has 0 N–H and O–H groups in total. The number of rotatable bonds is 2. The van der Waals surface area contributed by atoms with Gasteiger partial charge >= 0.3 is 0 Å². The normalized spacial score (nSPS) is 20.8. The molecule has 26 heavy (non-hydrogen) atoms. The number of benzene rings is 1. The molecular formula is C20H24N4O2. The third-order valence-electron chi connectivity index (χ3n) is 5.25. The monoisotopic (exact) mass is 352 g/mol. The van der Waals surface area contributed by atoms with Crippen molar-refractivity contribution in [3.8, 4) is 0 Å². The highest BCUT2D eigenvalue weighted by Gasteiger charge is 2.26. The van der Waals surface area contributed by atoms with E-state index in [0.29, 0.717) is 17.5 Å². The van der Waals surface area contributed by atoms with E-state index in [1.165, 1.54) is 12.5 Å². The first kappa shape index (κ1) is 16.8. The maximum atomic E-state index is 13.0. The highest BCUT2D eigenvalue weighted by Crippen LogP contribution is 2.24. The van der Waals surface area contributed by atoms with Crippen LogP contribution in [0.1, 0.15) is 26.0 Å². The van der Waals surface area contributed by atoms with Gasteiger partial charge in [-0.2, -0.15) is 4.98 Å². The van der Waals surface area contributed by atoms with Gasteiger partial charge in [0.05, 0.1) is 5.52 Å². The highest BCUT2D eigenvalue weighted by molar-refractivity contribution is 5.93. The lowest BCUT2D eigenvalue weighted by atomic mass is 9.92. The van der Waals surface area contributed by atoms with Gasteiger partial charge in [-0.1, -0.05) is 26.0 Å². The molecule has 1 aromatic carbocycles. The fraction of sp³-hybridized carbons (Fsp3) is 0.450. The molecule has 6 heteroatoms. The van der Waals surface area contributed by atoms with E-state index < -0.39 is 0 Å². The van der Waals surface area contributed by atoms with Crippen LogP contribution in [0, 0.1) is 18.8 Å². The maximum absolute atomic E-state index is 13.0. The third-order valence-corrected chi connectivity index (χ3v) is 5.25. The standard InChI is InChI=1S/C20H24N4O2/c1-13-8-14(2)11-22(10-13)19(26)12-23-17-7-5-4-6-16(17)20-21-18(25)9-15(3)24(20)23/h4-7,9,13-14H,8,10-12H2,1-3H3/t13-,14-/m0/s1. The molecule has 3 aromatic rings. The van der Waals surface area contributed by atoms with E-state index in [1.807, 2.05) is 45.3 Å². The van der Waals surface area contributed by atoms with Gasteiger partial charge in [0, 0.05) is 30.2 Å². The summed E-state index contributed by atoms with van der Waals surface area (Å²) >= 11 is 0. The van der Waals surface area contributed by atoms with Crippen molar-refractivity contribution in [1.82, 2.24) is 19.1 Å². The van der Waals surface area contributed by atoms with Gasteiger partial charge in [0.15, 0.2) is 5.65 Å². The summed E-state index contributed by atoms with van der Waals surface area (Å²) in [5, 5.41) is 0.890. The topological polar surface area (TPSA) is 59.6 Å². The van der Waals surface area contributed by atoms with Crippen LogP contribution in [0.4, 0.5) is 0 Å². The Kier molecular flexibility index (Phi) is 4.05. The van der Waals surface area contributed by atoms with Crippen LogP contribution >= 0.6 is 0 Å². The summed E-state index contributed by atoms with van der Waals surface area (Å²) in [7, 11) is 0. The van der Waals surface area contributed by atoms with Crippen LogP contribution in [0.5, 0.6) is 0 Å². The molecule has 1 amide bonds. The summed E-state index contributed by atoms with van der Waals surface area (Å²) in [5.74, 6) is 1.17. The van der Waals surface area contributed by atoms with Crippen LogP contribution in [0.3, 0.4) is 0 Å². The van der Waals surface area contributed by atoms with Crippen LogP contribution < -0.4 is 5.56 Å². The van der Waals surface area contributed by atoms with Gasteiger partial charge in [-0.15, -0.1) is 0 Å². The SMILES string of the molecule is Cc1cc(=O)nc2c3ccccc3n(CC(=O)N3C[C@@H](C)C[C@H](C)C3)n12. The minimum Gasteiger partial charge on any atom is -0.341 e. The van der Waals surface area contributed by atoms with E-state index in [9.17, 15) is 9.59 Å². The Balaban J connectivity index is 1.80. The van der Waals surface area contributed by atoms with E-state index in [-0.39, 0.29) is 18.0 Å². The van der Waals surface area contributed by atoms with Crippen molar-refractivity contribution in [2.75, 3.05) is 13.1 Å². The molecule has 4 rings (SSSR count). The number of carbonyl (C=O) groups is 1. The third kappa shape index (κ3) is 2.79.